The number of amides is 1. The number of nitriles is 1. The Balaban J connectivity index is 1.73. The summed E-state index contributed by atoms with van der Waals surface area (Å²) in [4.78, 5) is 12.3. The molecular weight excluding hydrogens is 374 g/mol. The average Bonchev–Trinajstić information content (AvgIpc) is 2.73. The molecule has 0 fully saturated rings. The zero-order valence-corrected chi connectivity index (χ0v) is 15.2. The maximum Gasteiger partial charge on any atom is 0.266 e. The van der Waals surface area contributed by atoms with Crippen LogP contribution in [0.15, 0.2) is 78.4 Å². The highest BCUT2D eigenvalue weighted by molar-refractivity contribution is 6.09. The van der Waals surface area contributed by atoms with Crippen molar-refractivity contribution in [3.8, 4) is 11.8 Å². The summed E-state index contributed by atoms with van der Waals surface area (Å²) in [5.74, 6) is -1.91. The van der Waals surface area contributed by atoms with E-state index >= 15 is 0 Å². The largest absolute Gasteiger partial charge is 0.489 e. The van der Waals surface area contributed by atoms with Crippen molar-refractivity contribution in [3.63, 3.8) is 0 Å². The second kappa shape index (κ2) is 9.29. The quantitative estimate of drug-likeness (QED) is 0.471. The van der Waals surface area contributed by atoms with E-state index < -0.39 is 17.5 Å². The number of nitrogens with zero attached hydrogens (tertiary/aromatic N) is 1. The lowest BCUT2D eigenvalue weighted by Crippen LogP contribution is -2.14. The molecule has 0 spiro atoms. The van der Waals surface area contributed by atoms with Crippen LogP contribution in [0.25, 0.3) is 6.08 Å². The molecule has 3 aromatic rings. The van der Waals surface area contributed by atoms with Crippen LogP contribution in [0.1, 0.15) is 11.1 Å². The SMILES string of the molecule is N#C/C(=C\c1cccc(OCc2ccccc2)c1)C(=O)Nc1ccc(F)cc1F. The fourth-order valence-corrected chi connectivity index (χ4v) is 2.53. The van der Waals surface area contributed by atoms with Gasteiger partial charge in [0.05, 0.1) is 5.69 Å². The molecule has 0 aliphatic rings. The number of ether oxygens (including phenoxy) is 1. The smallest absolute Gasteiger partial charge is 0.266 e. The van der Waals surface area contributed by atoms with Crippen LogP contribution in [0, 0.1) is 23.0 Å². The van der Waals surface area contributed by atoms with E-state index in [4.69, 9.17) is 4.74 Å². The Hall–Kier alpha value is -3.98. The molecule has 144 valence electrons. The zero-order chi connectivity index (χ0) is 20.6. The molecule has 29 heavy (non-hydrogen) atoms. The molecule has 1 amide bonds. The van der Waals surface area contributed by atoms with Gasteiger partial charge in [0.2, 0.25) is 0 Å². The first-order valence-corrected chi connectivity index (χ1v) is 8.70. The Morgan fingerprint density at radius 3 is 2.55 bits per heavy atom. The van der Waals surface area contributed by atoms with Gasteiger partial charge < -0.3 is 10.1 Å². The monoisotopic (exact) mass is 390 g/mol. The van der Waals surface area contributed by atoms with E-state index in [2.05, 4.69) is 5.32 Å². The molecule has 0 aliphatic carbocycles. The van der Waals surface area contributed by atoms with E-state index in [1.807, 2.05) is 30.3 Å². The van der Waals surface area contributed by atoms with Gasteiger partial charge in [0, 0.05) is 6.07 Å². The third kappa shape index (κ3) is 5.50. The lowest BCUT2D eigenvalue weighted by Gasteiger charge is -2.08. The molecule has 0 bridgehead atoms. The van der Waals surface area contributed by atoms with Crippen LogP contribution in [0.4, 0.5) is 14.5 Å². The zero-order valence-electron chi connectivity index (χ0n) is 15.2. The summed E-state index contributed by atoms with van der Waals surface area (Å²) in [7, 11) is 0. The predicted molar refractivity (Wildman–Crippen MR) is 106 cm³/mol. The first-order valence-electron chi connectivity index (χ1n) is 8.70. The standard InChI is InChI=1S/C23H16F2N2O2/c24-19-9-10-22(21(25)13-19)27-23(28)18(14-26)11-17-7-4-8-20(12-17)29-15-16-5-2-1-3-6-16/h1-13H,15H2,(H,27,28)/b18-11+. The molecule has 4 nitrogen and oxygen atoms in total. The van der Waals surface area contributed by atoms with Crippen molar-refractivity contribution < 1.29 is 18.3 Å². The van der Waals surface area contributed by atoms with Gasteiger partial charge in [0.1, 0.15) is 35.6 Å². The Labute approximate surface area is 166 Å². The van der Waals surface area contributed by atoms with E-state index in [0.717, 1.165) is 17.7 Å². The summed E-state index contributed by atoms with van der Waals surface area (Å²) < 4.78 is 32.4. The number of rotatable bonds is 6. The lowest BCUT2D eigenvalue weighted by atomic mass is 10.1. The number of hydrogen-bond acceptors (Lipinski definition) is 3. The van der Waals surface area contributed by atoms with Gasteiger partial charge in [-0.15, -0.1) is 0 Å². The Morgan fingerprint density at radius 2 is 1.83 bits per heavy atom. The molecule has 0 unspecified atom stereocenters. The third-order valence-electron chi connectivity index (χ3n) is 3.96. The van der Waals surface area contributed by atoms with Crippen LogP contribution >= 0.6 is 0 Å². The van der Waals surface area contributed by atoms with Gasteiger partial charge in [-0.25, -0.2) is 8.78 Å². The minimum absolute atomic E-state index is 0.211. The number of carbonyl (C=O) groups excluding carboxylic acids is 1. The number of anilines is 1. The summed E-state index contributed by atoms with van der Waals surface area (Å²) in [6, 6.07) is 21.1. The van der Waals surface area contributed by atoms with Crippen LogP contribution < -0.4 is 10.1 Å². The molecule has 0 atom stereocenters. The molecule has 3 rings (SSSR count). The van der Waals surface area contributed by atoms with Crippen LogP contribution in [-0.2, 0) is 11.4 Å². The van der Waals surface area contributed by atoms with Gasteiger partial charge in [0.15, 0.2) is 0 Å². The van der Waals surface area contributed by atoms with E-state index in [9.17, 15) is 18.8 Å². The number of carbonyl (C=O) groups is 1. The van der Waals surface area contributed by atoms with Crippen molar-refractivity contribution in [1.29, 1.82) is 5.26 Å². The molecule has 6 heteroatoms. The van der Waals surface area contributed by atoms with Gasteiger partial charge in [0.25, 0.3) is 5.91 Å². The fourth-order valence-electron chi connectivity index (χ4n) is 2.53. The van der Waals surface area contributed by atoms with Crippen molar-refractivity contribution in [1.82, 2.24) is 0 Å². The van der Waals surface area contributed by atoms with Crippen LogP contribution in [0.2, 0.25) is 0 Å². The maximum absolute atomic E-state index is 13.7. The second-order valence-electron chi connectivity index (χ2n) is 6.09. The lowest BCUT2D eigenvalue weighted by molar-refractivity contribution is -0.112. The highest BCUT2D eigenvalue weighted by Crippen LogP contribution is 2.19. The van der Waals surface area contributed by atoms with E-state index in [1.54, 1.807) is 30.3 Å². The number of benzene rings is 3. The predicted octanol–water partition coefficient (Wildman–Crippen LogP) is 5.09. The Bertz CT molecular complexity index is 1090. The van der Waals surface area contributed by atoms with Crippen LogP contribution in [0.3, 0.4) is 0 Å². The highest BCUT2D eigenvalue weighted by atomic mass is 19.1. The van der Waals surface area contributed by atoms with Crippen molar-refractivity contribution in [3.05, 3.63) is 101 Å². The van der Waals surface area contributed by atoms with Crippen LogP contribution in [0.5, 0.6) is 5.75 Å². The summed E-state index contributed by atoms with van der Waals surface area (Å²) >= 11 is 0. The van der Waals surface area contributed by atoms with E-state index in [0.29, 0.717) is 24.0 Å². The van der Waals surface area contributed by atoms with Crippen molar-refractivity contribution in [2.45, 2.75) is 6.61 Å². The Morgan fingerprint density at radius 1 is 1.03 bits per heavy atom. The minimum Gasteiger partial charge on any atom is -0.489 e. The molecule has 0 saturated heterocycles. The van der Waals surface area contributed by atoms with Crippen molar-refractivity contribution >= 4 is 17.7 Å². The fraction of sp³-hybridized carbons (Fsp3) is 0.0435. The molecule has 0 radical (unpaired) electrons. The number of hydrogen-bond donors (Lipinski definition) is 1. The molecular formula is C23H16F2N2O2. The number of halogens is 2. The first-order chi connectivity index (χ1) is 14.0. The molecule has 1 N–H and O–H groups in total. The molecule has 0 aliphatic heterocycles. The summed E-state index contributed by atoms with van der Waals surface area (Å²) in [6.07, 6.45) is 1.37. The number of nitrogens with one attached hydrogen (secondary N) is 1. The van der Waals surface area contributed by atoms with Gasteiger partial charge in [-0.3, -0.25) is 4.79 Å². The molecule has 3 aromatic carbocycles. The van der Waals surface area contributed by atoms with Crippen molar-refractivity contribution in [2.75, 3.05) is 5.32 Å². The highest BCUT2D eigenvalue weighted by Gasteiger charge is 2.13. The second-order valence-corrected chi connectivity index (χ2v) is 6.09. The molecule has 0 heterocycles. The Kier molecular flexibility index (Phi) is 6.33. The molecule has 0 aromatic heterocycles. The van der Waals surface area contributed by atoms with Crippen LogP contribution in [-0.4, -0.2) is 5.91 Å². The van der Waals surface area contributed by atoms with Gasteiger partial charge in [-0.2, -0.15) is 5.26 Å². The van der Waals surface area contributed by atoms with Gasteiger partial charge in [-0.05, 0) is 41.5 Å². The minimum atomic E-state index is -0.924. The summed E-state index contributed by atoms with van der Waals surface area (Å²) in [6.45, 7) is 0.378. The normalized spacial score (nSPS) is 10.9. The average molecular weight is 390 g/mol. The first kappa shape index (κ1) is 19.8. The third-order valence-corrected chi connectivity index (χ3v) is 3.96. The van der Waals surface area contributed by atoms with Gasteiger partial charge >= 0.3 is 0 Å². The molecule has 0 saturated carbocycles. The van der Waals surface area contributed by atoms with Gasteiger partial charge in [-0.1, -0.05) is 42.5 Å². The summed E-state index contributed by atoms with van der Waals surface area (Å²) in [5, 5.41) is 11.6. The van der Waals surface area contributed by atoms with E-state index in [1.165, 1.54) is 6.08 Å². The van der Waals surface area contributed by atoms with Crippen molar-refractivity contribution in [2.24, 2.45) is 0 Å². The van der Waals surface area contributed by atoms with E-state index in [-0.39, 0.29) is 11.3 Å². The topological polar surface area (TPSA) is 62.1 Å². The maximum atomic E-state index is 13.7. The summed E-state index contributed by atoms with van der Waals surface area (Å²) in [5.41, 5.74) is 1.14.